The van der Waals surface area contributed by atoms with E-state index in [-0.39, 0.29) is 6.61 Å². The zero-order valence-corrected chi connectivity index (χ0v) is 10.4. The zero-order valence-electron chi connectivity index (χ0n) is 9.60. The van der Waals surface area contributed by atoms with Crippen LogP contribution in [0.4, 0.5) is 0 Å². The molecule has 0 saturated carbocycles. The molecule has 0 unspecified atom stereocenters. The minimum atomic E-state index is -0.563. The summed E-state index contributed by atoms with van der Waals surface area (Å²) in [5.74, 6) is 0.744. The van der Waals surface area contributed by atoms with E-state index in [1.165, 1.54) is 0 Å². The van der Waals surface area contributed by atoms with Crippen molar-refractivity contribution in [1.29, 1.82) is 0 Å². The summed E-state index contributed by atoms with van der Waals surface area (Å²) in [7, 11) is 0. The second kappa shape index (κ2) is 4.42. The highest BCUT2D eigenvalue weighted by molar-refractivity contribution is 6.32. The molecule has 1 N–H and O–H groups in total. The molecule has 0 saturated heterocycles. The van der Waals surface area contributed by atoms with Crippen LogP contribution < -0.4 is 4.74 Å². The van der Waals surface area contributed by atoms with Crippen LogP contribution in [0.25, 0.3) is 0 Å². The van der Waals surface area contributed by atoms with Gasteiger partial charge < -0.3 is 9.84 Å². The van der Waals surface area contributed by atoms with Gasteiger partial charge in [0.1, 0.15) is 11.4 Å². The van der Waals surface area contributed by atoms with Crippen LogP contribution in [0, 0.1) is 13.8 Å². The molecule has 0 heterocycles. The van der Waals surface area contributed by atoms with E-state index in [0.29, 0.717) is 0 Å². The number of ether oxygens (including phenoxy) is 1. The number of halogens is 1. The molecule has 0 aliphatic heterocycles. The third kappa shape index (κ3) is 3.11. The number of aryl methyl sites for hydroxylation is 2. The fourth-order valence-electron chi connectivity index (χ4n) is 1.32. The van der Waals surface area contributed by atoms with Crippen molar-refractivity contribution in [3.8, 4) is 5.75 Å². The highest BCUT2D eigenvalue weighted by Crippen LogP contribution is 2.27. The Morgan fingerprint density at radius 3 is 2.13 bits per heavy atom. The van der Waals surface area contributed by atoms with Crippen LogP contribution in [0.15, 0.2) is 12.1 Å². The first kappa shape index (κ1) is 12.3. The van der Waals surface area contributed by atoms with Gasteiger partial charge in [0.15, 0.2) is 0 Å². The van der Waals surface area contributed by atoms with Crippen molar-refractivity contribution in [2.24, 2.45) is 0 Å². The smallest absolute Gasteiger partial charge is 0.126 e. The molecule has 0 aliphatic carbocycles. The molecule has 0 aliphatic rings. The molecule has 84 valence electrons. The molecular formula is C12H17ClO2. The van der Waals surface area contributed by atoms with Crippen molar-refractivity contribution >= 4 is 11.6 Å². The maximum absolute atomic E-state index is 9.10. The van der Waals surface area contributed by atoms with Crippen molar-refractivity contribution < 1.29 is 9.84 Å². The van der Waals surface area contributed by atoms with Crippen LogP contribution in [0.5, 0.6) is 5.75 Å². The maximum Gasteiger partial charge on any atom is 0.126 e. The third-order valence-corrected chi connectivity index (χ3v) is 2.78. The van der Waals surface area contributed by atoms with Gasteiger partial charge in [-0.05, 0) is 51.0 Å². The summed E-state index contributed by atoms with van der Waals surface area (Å²) in [6, 6.07) is 3.76. The largest absolute Gasteiger partial charge is 0.485 e. The Kier molecular flexibility index (Phi) is 3.63. The Hall–Kier alpha value is -0.730. The Bertz CT molecular complexity index is 336. The number of hydrogen-bond acceptors (Lipinski definition) is 2. The van der Waals surface area contributed by atoms with Gasteiger partial charge in [0, 0.05) is 5.02 Å². The van der Waals surface area contributed by atoms with E-state index in [0.717, 1.165) is 21.9 Å². The molecule has 2 nitrogen and oxygen atoms in total. The third-order valence-electron chi connectivity index (χ3n) is 2.18. The first-order chi connectivity index (χ1) is 6.85. The van der Waals surface area contributed by atoms with Gasteiger partial charge in [-0.15, -0.1) is 0 Å². The van der Waals surface area contributed by atoms with Gasteiger partial charge in [-0.2, -0.15) is 0 Å². The van der Waals surface area contributed by atoms with Crippen LogP contribution in [0.1, 0.15) is 25.0 Å². The van der Waals surface area contributed by atoms with Crippen LogP contribution in [-0.4, -0.2) is 17.3 Å². The van der Waals surface area contributed by atoms with Crippen molar-refractivity contribution in [3.05, 3.63) is 28.3 Å². The second-order valence-electron chi connectivity index (χ2n) is 4.39. The molecule has 3 heteroatoms. The number of hydrogen-bond donors (Lipinski definition) is 1. The summed E-state index contributed by atoms with van der Waals surface area (Å²) in [6.45, 7) is 7.54. The fourth-order valence-corrected chi connectivity index (χ4v) is 1.43. The molecule has 0 atom stereocenters. The number of aliphatic hydroxyl groups is 1. The van der Waals surface area contributed by atoms with Crippen molar-refractivity contribution in [2.45, 2.75) is 33.3 Å². The van der Waals surface area contributed by atoms with Gasteiger partial charge in [-0.1, -0.05) is 11.6 Å². The topological polar surface area (TPSA) is 29.5 Å². The molecule has 1 aromatic carbocycles. The molecule has 1 rings (SSSR count). The lowest BCUT2D eigenvalue weighted by molar-refractivity contribution is 0.0412. The lowest BCUT2D eigenvalue weighted by atomic mass is 10.1. The number of aliphatic hydroxyl groups excluding tert-OH is 1. The van der Waals surface area contributed by atoms with E-state index in [2.05, 4.69) is 0 Å². The Balaban J connectivity index is 2.98. The standard InChI is InChI=1S/C12H17ClO2/c1-8-5-10(6-9(2)11(8)13)15-12(3,4)7-14/h5-6,14H,7H2,1-4H3. The minimum absolute atomic E-state index is 0.0201. The lowest BCUT2D eigenvalue weighted by Crippen LogP contribution is -2.32. The van der Waals surface area contributed by atoms with Crippen molar-refractivity contribution in [3.63, 3.8) is 0 Å². The van der Waals surface area contributed by atoms with Crippen LogP contribution in [0.3, 0.4) is 0 Å². The van der Waals surface area contributed by atoms with E-state index in [1.807, 2.05) is 39.8 Å². The molecule has 0 spiro atoms. The first-order valence-electron chi connectivity index (χ1n) is 4.92. The van der Waals surface area contributed by atoms with E-state index in [9.17, 15) is 0 Å². The Morgan fingerprint density at radius 2 is 1.73 bits per heavy atom. The number of benzene rings is 1. The van der Waals surface area contributed by atoms with E-state index in [1.54, 1.807) is 0 Å². The van der Waals surface area contributed by atoms with E-state index < -0.39 is 5.60 Å². The van der Waals surface area contributed by atoms with Gasteiger partial charge in [-0.3, -0.25) is 0 Å². The van der Waals surface area contributed by atoms with Crippen LogP contribution >= 0.6 is 11.6 Å². The fraction of sp³-hybridized carbons (Fsp3) is 0.500. The summed E-state index contributed by atoms with van der Waals surface area (Å²) < 4.78 is 5.66. The van der Waals surface area contributed by atoms with Crippen LogP contribution in [-0.2, 0) is 0 Å². The highest BCUT2D eigenvalue weighted by atomic mass is 35.5. The van der Waals surface area contributed by atoms with Gasteiger partial charge >= 0.3 is 0 Å². The molecule has 0 radical (unpaired) electrons. The minimum Gasteiger partial charge on any atom is -0.485 e. The maximum atomic E-state index is 9.10. The molecule has 15 heavy (non-hydrogen) atoms. The molecule has 0 aromatic heterocycles. The lowest BCUT2D eigenvalue weighted by Gasteiger charge is -2.24. The summed E-state index contributed by atoms with van der Waals surface area (Å²) in [4.78, 5) is 0. The molecule has 0 bridgehead atoms. The highest BCUT2D eigenvalue weighted by Gasteiger charge is 2.18. The zero-order chi connectivity index (χ0) is 11.6. The first-order valence-corrected chi connectivity index (χ1v) is 5.30. The van der Waals surface area contributed by atoms with E-state index >= 15 is 0 Å². The SMILES string of the molecule is Cc1cc(OC(C)(C)CO)cc(C)c1Cl. The summed E-state index contributed by atoms with van der Waals surface area (Å²) in [5.41, 5.74) is 1.41. The summed E-state index contributed by atoms with van der Waals surface area (Å²) in [5, 5.41) is 9.87. The number of rotatable bonds is 3. The Morgan fingerprint density at radius 1 is 1.27 bits per heavy atom. The summed E-state index contributed by atoms with van der Waals surface area (Å²) in [6.07, 6.45) is 0. The van der Waals surface area contributed by atoms with Gasteiger partial charge in [0.2, 0.25) is 0 Å². The average molecular weight is 229 g/mol. The molecule has 1 aromatic rings. The molecular weight excluding hydrogens is 212 g/mol. The van der Waals surface area contributed by atoms with Gasteiger partial charge in [-0.25, -0.2) is 0 Å². The van der Waals surface area contributed by atoms with Crippen molar-refractivity contribution in [1.82, 2.24) is 0 Å². The second-order valence-corrected chi connectivity index (χ2v) is 4.77. The summed E-state index contributed by atoms with van der Waals surface area (Å²) >= 11 is 6.05. The van der Waals surface area contributed by atoms with Crippen LogP contribution in [0.2, 0.25) is 5.02 Å². The predicted molar refractivity (Wildman–Crippen MR) is 62.7 cm³/mol. The molecule has 0 amide bonds. The van der Waals surface area contributed by atoms with Gasteiger partial charge in [0.25, 0.3) is 0 Å². The quantitative estimate of drug-likeness (QED) is 0.862. The predicted octanol–water partition coefficient (Wildman–Crippen LogP) is 3.11. The monoisotopic (exact) mass is 228 g/mol. The van der Waals surface area contributed by atoms with E-state index in [4.69, 9.17) is 21.4 Å². The molecule has 0 fully saturated rings. The normalized spacial score (nSPS) is 11.6. The van der Waals surface area contributed by atoms with Gasteiger partial charge in [0.05, 0.1) is 6.61 Å². The Labute approximate surface area is 95.8 Å². The van der Waals surface area contributed by atoms with Crippen molar-refractivity contribution in [2.75, 3.05) is 6.61 Å². The average Bonchev–Trinajstić information content (AvgIpc) is 2.13.